The van der Waals surface area contributed by atoms with Crippen molar-refractivity contribution in [2.45, 2.75) is 24.9 Å². The number of aromatic nitrogens is 1. The van der Waals surface area contributed by atoms with Gasteiger partial charge >= 0.3 is 5.97 Å². The number of benzene rings is 2. The Labute approximate surface area is 169 Å². The Bertz CT molecular complexity index is 1030. The number of likely N-dealkylation sites (tertiary alicyclic amines) is 1. The number of methoxy groups -OCH3 is 2. The van der Waals surface area contributed by atoms with Crippen LogP contribution in [0.5, 0.6) is 11.5 Å². The number of hydrogen-bond acceptors (Lipinski definition) is 5. The van der Waals surface area contributed by atoms with Crippen molar-refractivity contribution in [3.05, 3.63) is 65.9 Å². The summed E-state index contributed by atoms with van der Waals surface area (Å²) in [5, 5.41) is 10.9. The molecule has 2 unspecified atom stereocenters. The molecule has 4 rings (SSSR count). The number of pyridine rings is 1. The highest BCUT2D eigenvalue weighted by Gasteiger charge is 2.39. The van der Waals surface area contributed by atoms with Crippen molar-refractivity contribution < 1.29 is 19.4 Å². The van der Waals surface area contributed by atoms with E-state index < -0.39 is 12.0 Å². The van der Waals surface area contributed by atoms with E-state index in [1.165, 1.54) is 0 Å². The SMILES string of the molecule is COc1cccc(C(c2ccnc3ccccc23)N2CCCC2C(=O)O)c1OC. The van der Waals surface area contributed by atoms with E-state index in [1.54, 1.807) is 20.4 Å². The second-order valence-corrected chi connectivity index (χ2v) is 7.14. The number of aliphatic carboxylic acids is 1. The summed E-state index contributed by atoms with van der Waals surface area (Å²) in [7, 11) is 3.22. The van der Waals surface area contributed by atoms with Crippen molar-refractivity contribution in [2.75, 3.05) is 20.8 Å². The van der Waals surface area contributed by atoms with E-state index in [9.17, 15) is 9.90 Å². The van der Waals surface area contributed by atoms with E-state index in [0.717, 1.165) is 28.5 Å². The lowest BCUT2D eigenvalue weighted by Gasteiger charge is -2.33. The fourth-order valence-corrected chi connectivity index (χ4v) is 4.37. The average molecular weight is 392 g/mol. The van der Waals surface area contributed by atoms with E-state index >= 15 is 0 Å². The zero-order valence-electron chi connectivity index (χ0n) is 16.5. The average Bonchev–Trinajstić information content (AvgIpc) is 3.23. The third-order valence-electron chi connectivity index (χ3n) is 5.62. The van der Waals surface area contributed by atoms with Crippen LogP contribution in [0.25, 0.3) is 10.9 Å². The molecule has 1 aromatic heterocycles. The lowest BCUT2D eigenvalue weighted by molar-refractivity contribution is -0.142. The fraction of sp³-hybridized carbons (Fsp3) is 0.304. The summed E-state index contributed by atoms with van der Waals surface area (Å²) >= 11 is 0. The van der Waals surface area contributed by atoms with E-state index in [2.05, 4.69) is 9.88 Å². The minimum Gasteiger partial charge on any atom is -0.493 e. The second kappa shape index (κ2) is 8.09. The van der Waals surface area contributed by atoms with Crippen LogP contribution in [0.1, 0.15) is 30.0 Å². The molecule has 29 heavy (non-hydrogen) atoms. The van der Waals surface area contributed by atoms with Crippen molar-refractivity contribution >= 4 is 16.9 Å². The first kappa shape index (κ1) is 19.2. The number of para-hydroxylation sites is 2. The normalized spacial score (nSPS) is 17.9. The third kappa shape index (κ3) is 3.40. The molecule has 3 aromatic rings. The molecule has 0 spiro atoms. The minimum atomic E-state index is -0.798. The van der Waals surface area contributed by atoms with Gasteiger partial charge in [0.05, 0.1) is 25.8 Å². The summed E-state index contributed by atoms with van der Waals surface area (Å²) in [5.41, 5.74) is 2.77. The molecule has 1 N–H and O–H groups in total. The Morgan fingerprint density at radius 1 is 1.10 bits per heavy atom. The smallest absolute Gasteiger partial charge is 0.320 e. The largest absolute Gasteiger partial charge is 0.493 e. The maximum atomic E-state index is 12.0. The predicted octanol–water partition coefficient (Wildman–Crippen LogP) is 3.89. The lowest BCUT2D eigenvalue weighted by atomic mass is 9.92. The molecule has 0 bridgehead atoms. The molecule has 2 heterocycles. The number of carboxylic acid groups (broad SMARTS) is 1. The van der Waals surface area contributed by atoms with Gasteiger partial charge in [-0.05, 0) is 36.6 Å². The van der Waals surface area contributed by atoms with Gasteiger partial charge in [-0.3, -0.25) is 14.7 Å². The second-order valence-electron chi connectivity index (χ2n) is 7.14. The summed E-state index contributed by atoms with van der Waals surface area (Å²) in [6.07, 6.45) is 3.24. The van der Waals surface area contributed by atoms with Gasteiger partial charge in [0, 0.05) is 23.7 Å². The first-order valence-electron chi connectivity index (χ1n) is 9.68. The van der Waals surface area contributed by atoms with Crippen LogP contribution in [0.4, 0.5) is 0 Å². The number of nitrogens with zero attached hydrogens (tertiary/aromatic N) is 2. The van der Waals surface area contributed by atoms with Crippen molar-refractivity contribution in [1.29, 1.82) is 0 Å². The van der Waals surface area contributed by atoms with Crippen LogP contribution in [-0.2, 0) is 4.79 Å². The Morgan fingerprint density at radius 3 is 2.69 bits per heavy atom. The third-order valence-corrected chi connectivity index (χ3v) is 5.62. The number of fused-ring (bicyclic) bond motifs is 1. The first-order chi connectivity index (χ1) is 14.2. The number of ether oxygens (including phenoxy) is 2. The van der Waals surface area contributed by atoms with Crippen LogP contribution < -0.4 is 9.47 Å². The van der Waals surface area contributed by atoms with Gasteiger partial charge in [0.2, 0.25) is 0 Å². The van der Waals surface area contributed by atoms with Crippen molar-refractivity contribution in [3.63, 3.8) is 0 Å². The van der Waals surface area contributed by atoms with Crippen LogP contribution in [0.3, 0.4) is 0 Å². The quantitative estimate of drug-likeness (QED) is 0.686. The summed E-state index contributed by atoms with van der Waals surface area (Å²) in [6.45, 7) is 0.693. The molecule has 1 aliphatic heterocycles. The molecule has 1 fully saturated rings. The highest BCUT2D eigenvalue weighted by molar-refractivity contribution is 5.83. The highest BCUT2D eigenvalue weighted by Crippen LogP contribution is 2.44. The molecular weight excluding hydrogens is 368 g/mol. The molecular formula is C23H24N2O4. The number of hydrogen-bond donors (Lipinski definition) is 1. The standard InChI is InChI=1S/C23H24N2O4/c1-28-20-11-5-8-17(22(20)29-2)21(25-14-6-10-19(25)23(26)27)16-12-13-24-18-9-4-3-7-15(16)18/h3-5,7-9,11-13,19,21H,6,10,14H2,1-2H3,(H,26,27). The number of carboxylic acids is 1. The van der Waals surface area contributed by atoms with Crippen LogP contribution in [-0.4, -0.2) is 47.8 Å². The van der Waals surface area contributed by atoms with Crippen LogP contribution in [0.2, 0.25) is 0 Å². The van der Waals surface area contributed by atoms with Gasteiger partial charge in [0.15, 0.2) is 11.5 Å². The maximum absolute atomic E-state index is 12.0. The molecule has 0 amide bonds. The predicted molar refractivity (Wildman–Crippen MR) is 110 cm³/mol. The molecule has 6 heteroatoms. The Kier molecular flexibility index (Phi) is 5.36. The molecule has 2 aromatic carbocycles. The molecule has 6 nitrogen and oxygen atoms in total. The van der Waals surface area contributed by atoms with Gasteiger partial charge in [-0.1, -0.05) is 30.3 Å². The van der Waals surface area contributed by atoms with Gasteiger partial charge in [0.25, 0.3) is 0 Å². The lowest BCUT2D eigenvalue weighted by Crippen LogP contribution is -2.39. The Morgan fingerprint density at radius 2 is 1.93 bits per heavy atom. The summed E-state index contributed by atoms with van der Waals surface area (Å²) < 4.78 is 11.2. The highest BCUT2D eigenvalue weighted by atomic mass is 16.5. The number of carbonyl (C=O) groups is 1. The van der Waals surface area contributed by atoms with E-state index in [1.807, 2.05) is 48.5 Å². The zero-order valence-corrected chi connectivity index (χ0v) is 16.5. The van der Waals surface area contributed by atoms with Crippen LogP contribution in [0.15, 0.2) is 54.7 Å². The topological polar surface area (TPSA) is 71.9 Å². The molecule has 2 atom stereocenters. The van der Waals surface area contributed by atoms with Crippen molar-refractivity contribution in [1.82, 2.24) is 9.88 Å². The maximum Gasteiger partial charge on any atom is 0.320 e. The molecule has 1 aliphatic rings. The molecule has 1 saturated heterocycles. The minimum absolute atomic E-state index is 0.295. The summed E-state index contributed by atoms with van der Waals surface area (Å²) in [4.78, 5) is 18.6. The van der Waals surface area contributed by atoms with Gasteiger partial charge in [-0.2, -0.15) is 0 Å². The first-order valence-corrected chi connectivity index (χ1v) is 9.68. The zero-order chi connectivity index (χ0) is 20.4. The summed E-state index contributed by atoms with van der Waals surface area (Å²) in [6, 6.07) is 14.8. The molecule has 0 saturated carbocycles. The molecule has 0 radical (unpaired) electrons. The van der Waals surface area contributed by atoms with Gasteiger partial charge < -0.3 is 14.6 Å². The van der Waals surface area contributed by atoms with Crippen molar-refractivity contribution in [2.24, 2.45) is 0 Å². The fourth-order valence-electron chi connectivity index (χ4n) is 4.37. The van der Waals surface area contributed by atoms with E-state index in [0.29, 0.717) is 24.5 Å². The van der Waals surface area contributed by atoms with E-state index in [-0.39, 0.29) is 6.04 Å². The van der Waals surface area contributed by atoms with Crippen LogP contribution >= 0.6 is 0 Å². The van der Waals surface area contributed by atoms with Gasteiger partial charge in [-0.15, -0.1) is 0 Å². The molecule has 0 aliphatic carbocycles. The van der Waals surface area contributed by atoms with Crippen LogP contribution in [0, 0.1) is 0 Å². The molecule has 150 valence electrons. The van der Waals surface area contributed by atoms with E-state index in [4.69, 9.17) is 9.47 Å². The number of rotatable bonds is 6. The van der Waals surface area contributed by atoms with Crippen molar-refractivity contribution in [3.8, 4) is 11.5 Å². The summed E-state index contributed by atoms with van der Waals surface area (Å²) in [5.74, 6) is 0.448. The monoisotopic (exact) mass is 392 g/mol. The van der Waals surface area contributed by atoms with Gasteiger partial charge in [-0.25, -0.2) is 0 Å². The Hall–Kier alpha value is -3.12. The van der Waals surface area contributed by atoms with Gasteiger partial charge in [0.1, 0.15) is 6.04 Å². The Balaban J connectivity index is 1.97.